The molecule has 2 aromatic rings. The molecule has 0 radical (unpaired) electrons. The van der Waals surface area contributed by atoms with E-state index in [1.165, 1.54) is 69.8 Å². The van der Waals surface area contributed by atoms with Gasteiger partial charge in [-0.2, -0.15) is 0 Å². The average Bonchev–Trinajstić information content (AvgIpc) is 3.10. The van der Waals surface area contributed by atoms with Crippen LogP contribution in [-0.4, -0.2) is 23.7 Å². The van der Waals surface area contributed by atoms with Crippen LogP contribution in [0.1, 0.15) is 164 Å². The van der Waals surface area contributed by atoms with Crippen molar-refractivity contribution in [3.63, 3.8) is 0 Å². The Balaban J connectivity index is 0.00000168. The third kappa shape index (κ3) is 9.29. The van der Waals surface area contributed by atoms with E-state index < -0.39 is 0 Å². The van der Waals surface area contributed by atoms with E-state index in [9.17, 15) is 0 Å². The fourth-order valence-corrected chi connectivity index (χ4v) is 10.4. The first-order chi connectivity index (χ1) is 25.0. The Labute approximate surface area is 312 Å². The minimum atomic E-state index is -0.250. The second-order valence-corrected chi connectivity index (χ2v) is 17.1. The number of benzene rings is 2. The number of rotatable bonds is 13. The largest absolute Gasteiger partial charge is 0.483 e. The van der Waals surface area contributed by atoms with Crippen molar-refractivity contribution in [2.75, 3.05) is 0 Å². The van der Waals surface area contributed by atoms with Crippen molar-refractivity contribution < 1.29 is 23.4 Å². The second-order valence-electron chi connectivity index (χ2n) is 17.1. The molecule has 2 aromatic carbocycles. The molecule has 5 N–H and O–H groups in total. The number of ether oxygens (including phenoxy) is 1. The Bertz CT molecular complexity index is 1510. The lowest BCUT2D eigenvalue weighted by Gasteiger charge is -2.47. The van der Waals surface area contributed by atoms with E-state index in [0.29, 0.717) is 23.3 Å². The first kappa shape index (κ1) is 40.4. The highest BCUT2D eigenvalue weighted by molar-refractivity contribution is 5.46. The number of nitrogens with two attached hydrogens (primary N) is 2. The number of halogens is 2. The smallest absolute Gasteiger partial charge is 0.290 e. The Morgan fingerprint density at radius 3 is 1.81 bits per heavy atom. The van der Waals surface area contributed by atoms with E-state index in [1.54, 1.807) is 6.07 Å². The molecule has 6 rings (SSSR count). The summed E-state index contributed by atoms with van der Waals surface area (Å²) in [6.07, 6.45) is 24.2. The fourth-order valence-electron chi connectivity index (χ4n) is 10.4. The van der Waals surface area contributed by atoms with Crippen molar-refractivity contribution >= 4 is 6.47 Å². The highest BCUT2D eigenvalue weighted by Gasteiger charge is 2.46. The lowest BCUT2D eigenvalue weighted by Crippen LogP contribution is -2.53. The zero-order valence-electron chi connectivity index (χ0n) is 32.1. The predicted octanol–water partition coefficient (Wildman–Crippen LogP) is 10.8. The van der Waals surface area contributed by atoms with Crippen LogP contribution in [0, 0.1) is 23.5 Å². The normalized spacial score (nSPS) is 28.0. The molecule has 0 saturated heterocycles. The van der Waals surface area contributed by atoms with Crippen molar-refractivity contribution in [1.29, 1.82) is 0 Å². The summed E-state index contributed by atoms with van der Waals surface area (Å²) >= 11 is 0. The molecule has 2 saturated carbocycles. The van der Waals surface area contributed by atoms with Crippen LogP contribution >= 0.6 is 0 Å². The molecule has 0 aromatic heterocycles. The molecule has 52 heavy (non-hydrogen) atoms. The maximum atomic E-state index is 15.4. The molecule has 288 valence electrons. The molecule has 0 amide bonds. The molecule has 6 atom stereocenters. The lowest BCUT2D eigenvalue weighted by molar-refractivity contribution is -0.122. The topological polar surface area (TPSA) is 98.6 Å². The molecule has 7 heteroatoms. The van der Waals surface area contributed by atoms with Crippen LogP contribution in [0.5, 0.6) is 5.75 Å². The van der Waals surface area contributed by atoms with Gasteiger partial charge in [0.25, 0.3) is 6.47 Å². The van der Waals surface area contributed by atoms with Gasteiger partial charge >= 0.3 is 0 Å². The quantitative estimate of drug-likeness (QED) is 0.109. The maximum absolute atomic E-state index is 15.4. The lowest BCUT2D eigenvalue weighted by atomic mass is 9.59. The predicted molar refractivity (Wildman–Crippen MR) is 208 cm³/mol. The summed E-state index contributed by atoms with van der Waals surface area (Å²) in [5.74, 6) is 1.91. The molecule has 0 spiro atoms. The molecule has 5 nitrogen and oxygen atoms in total. The van der Waals surface area contributed by atoms with E-state index in [4.69, 9.17) is 26.1 Å². The first-order valence-electron chi connectivity index (χ1n) is 20.6. The highest BCUT2D eigenvalue weighted by atomic mass is 19.1. The third-order valence-electron chi connectivity index (χ3n) is 13.5. The number of hydrogen-bond donors (Lipinski definition) is 3. The van der Waals surface area contributed by atoms with Crippen molar-refractivity contribution in [1.82, 2.24) is 0 Å². The van der Waals surface area contributed by atoms with Crippen molar-refractivity contribution in [2.24, 2.45) is 23.3 Å². The van der Waals surface area contributed by atoms with Gasteiger partial charge in [-0.15, -0.1) is 0 Å². The number of unbranched alkanes of at least 4 members (excludes halogenated alkanes) is 7. The van der Waals surface area contributed by atoms with Crippen LogP contribution in [0.25, 0.3) is 0 Å². The standard InChI is InChI=1S/C44H64F2N2O.CH2O2/c1-30(49-34-28-38-36(40(46)29-34)27-33-21-15-11-17-23-44(38,3)42(33)48)18-12-8-6-4-5-7-9-13-19-31-24-37-35(39(45)25-31)26-32-20-14-10-16-22-43(37,2)41(32)47;2-1-3/h24-25,28-29,32-33,41-42H,1,4-23,26-27,47-48H2,2-3H3;1H,(H,2,3). The van der Waals surface area contributed by atoms with Crippen LogP contribution in [-0.2, 0) is 34.9 Å². The van der Waals surface area contributed by atoms with Gasteiger partial charge < -0.3 is 21.3 Å². The summed E-state index contributed by atoms with van der Waals surface area (Å²) in [7, 11) is 0. The molecular weight excluding hydrogens is 655 g/mol. The Morgan fingerprint density at radius 1 is 0.769 bits per heavy atom. The Morgan fingerprint density at radius 2 is 1.25 bits per heavy atom. The fraction of sp³-hybridized carbons (Fsp3) is 0.667. The summed E-state index contributed by atoms with van der Waals surface area (Å²) in [4.78, 5) is 8.36. The molecular formula is C45H66F2N2O3. The summed E-state index contributed by atoms with van der Waals surface area (Å²) in [6.45, 7) is 8.46. The molecule has 4 aliphatic carbocycles. The molecule has 0 heterocycles. The highest BCUT2D eigenvalue weighted by Crippen LogP contribution is 2.48. The number of allylic oxidation sites excluding steroid dienone is 1. The van der Waals surface area contributed by atoms with Crippen LogP contribution in [0.2, 0.25) is 0 Å². The second kappa shape index (κ2) is 18.5. The molecule has 6 unspecified atom stereocenters. The van der Waals surface area contributed by atoms with Gasteiger partial charge in [0, 0.05) is 35.4 Å². The summed E-state index contributed by atoms with van der Waals surface area (Å²) in [5.41, 5.74) is 18.6. The zero-order chi connectivity index (χ0) is 37.3. The molecule has 2 fully saturated rings. The molecule has 4 bridgehead atoms. The SMILES string of the molecule is C=C(CCCCCCCCCCc1cc(F)c2c(c1)C1(C)CCCCCC(C2)C1N)Oc1cc(F)c2c(c1)C1(C)CCCCCC(C2)C1N.O=CO. The van der Waals surface area contributed by atoms with E-state index in [2.05, 4.69) is 32.6 Å². The number of carbonyl (C=O) groups is 1. The van der Waals surface area contributed by atoms with Gasteiger partial charge in [-0.05, 0) is 110 Å². The van der Waals surface area contributed by atoms with E-state index in [0.717, 1.165) is 99.3 Å². The van der Waals surface area contributed by atoms with E-state index >= 15 is 8.78 Å². The zero-order valence-corrected chi connectivity index (χ0v) is 32.1. The van der Waals surface area contributed by atoms with Crippen LogP contribution in [0.4, 0.5) is 8.78 Å². The number of aryl methyl sites for hydroxylation is 1. The van der Waals surface area contributed by atoms with Crippen LogP contribution in [0.3, 0.4) is 0 Å². The van der Waals surface area contributed by atoms with Gasteiger partial charge in [-0.1, -0.05) is 104 Å². The summed E-state index contributed by atoms with van der Waals surface area (Å²) in [5, 5.41) is 6.89. The van der Waals surface area contributed by atoms with Gasteiger partial charge in [0.05, 0.1) is 5.76 Å². The Hall–Kier alpha value is -2.77. The van der Waals surface area contributed by atoms with Crippen LogP contribution in [0.15, 0.2) is 36.6 Å². The third-order valence-corrected chi connectivity index (χ3v) is 13.5. The maximum Gasteiger partial charge on any atom is 0.290 e. The number of hydrogen-bond acceptors (Lipinski definition) is 4. The number of fused-ring (bicyclic) bond motifs is 8. The Kier molecular flexibility index (Phi) is 14.4. The number of carboxylic acid groups (broad SMARTS) is 1. The summed E-state index contributed by atoms with van der Waals surface area (Å²) in [6, 6.07) is 7.96. The van der Waals surface area contributed by atoms with Gasteiger partial charge in [0.1, 0.15) is 17.4 Å². The monoisotopic (exact) mass is 721 g/mol. The first-order valence-corrected chi connectivity index (χ1v) is 20.6. The minimum Gasteiger partial charge on any atom is -0.483 e. The average molecular weight is 721 g/mol. The van der Waals surface area contributed by atoms with Crippen molar-refractivity contribution in [2.45, 2.75) is 178 Å². The van der Waals surface area contributed by atoms with Gasteiger partial charge in [-0.25, -0.2) is 8.78 Å². The minimum absolute atomic E-state index is 0.00561. The van der Waals surface area contributed by atoms with Gasteiger partial charge in [0.15, 0.2) is 0 Å². The van der Waals surface area contributed by atoms with Crippen molar-refractivity contribution in [3.8, 4) is 5.75 Å². The van der Waals surface area contributed by atoms with E-state index in [1.807, 2.05) is 6.07 Å². The summed E-state index contributed by atoms with van der Waals surface area (Å²) < 4.78 is 36.9. The van der Waals surface area contributed by atoms with Gasteiger partial charge in [-0.3, -0.25) is 4.79 Å². The van der Waals surface area contributed by atoms with Crippen LogP contribution < -0.4 is 16.2 Å². The van der Waals surface area contributed by atoms with E-state index in [-0.39, 0.29) is 41.0 Å². The molecule has 0 aliphatic heterocycles. The van der Waals surface area contributed by atoms with Crippen molar-refractivity contribution in [3.05, 3.63) is 76.1 Å². The molecule has 4 aliphatic rings. The van der Waals surface area contributed by atoms with Gasteiger partial charge in [0.2, 0.25) is 0 Å².